The van der Waals surface area contributed by atoms with E-state index >= 15 is 0 Å². The second kappa shape index (κ2) is 6.33. The third kappa shape index (κ3) is 2.67. The molecule has 6 rings (SSSR count). The van der Waals surface area contributed by atoms with Crippen molar-refractivity contribution in [2.24, 2.45) is 7.05 Å². The Hall–Kier alpha value is -2.85. The fraction of sp³-hybridized carbons (Fsp3) is 0.179. The van der Waals surface area contributed by atoms with Crippen molar-refractivity contribution in [1.82, 2.24) is 0 Å². The molecular formula is C28H26GeNO+. The van der Waals surface area contributed by atoms with Crippen LogP contribution < -0.4 is 13.7 Å². The first-order valence-electron chi connectivity index (χ1n) is 10.9. The van der Waals surface area contributed by atoms with Crippen LogP contribution in [0.15, 0.2) is 66.9 Å². The number of pyridine rings is 1. The molecule has 0 radical (unpaired) electrons. The topological polar surface area (TPSA) is 13.1 Å². The van der Waals surface area contributed by atoms with E-state index in [-0.39, 0.29) is 0 Å². The maximum atomic E-state index is 6.63. The van der Waals surface area contributed by atoms with Gasteiger partial charge in [0.2, 0.25) is 0 Å². The summed E-state index contributed by atoms with van der Waals surface area (Å²) in [7, 11) is 2.14. The van der Waals surface area contributed by atoms with Crippen LogP contribution in [0.3, 0.4) is 0 Å². The minimum atomic E-state index is -1.92. The molecule has 1 aliphatic rings. The molecule has 0 amide bonds. The molecule has 0 atom stereocenters. The number of hydrogen-bond acceptors (Lipinski definition) is 1. The molecule has 0 saturated heterocycles. The van der Waals surface area contributed by atoms with Gasteiger partial charge in [0.1, 0.15) is 0 Å². The summed E-state index contributed by atoms with van der Waals surface area (Å²) in [6.45, 7) is 2.22. The van der Waals surface area contributed by atoms with E-state index in [0.29, 0.717) is 0 Å². The SMILES string of the molecule is Cc1c2c(cc3ccccc13)Oc1cc3c[c]([Ge]([CH3])([CH3])[CH3])ccc3c3cc[n+](C)c-2c13. The molecular weight excluding hydrogens is 439 g/mol. The van der Waals surface area contributed by atoms with E-state index < -0.39 is 13.3 Å². The normalized spacial score (nSPS) is 12.9. The molecule has 2 heterocycles. The third-order valence-corrected chi connectivity index (χ3v) is 11.1. The number of aryl methyl sites for hydroxylation is 2. The zero-order chi connectivity index (χ0) is 21.5. The summed E-state index contributed by atoms with van der Waals surface area (Å²) < 4.78 is 10.4. The van der Waals surface area contributed by atoms with Crippen LogP contribution in [0.4, 0.5) is 0 Å². The summed E-state index contributed by atoms with van der Waals surface area (Å²) in [6.07, 6.45) is 2.19. The van der Waals surface area contributed by atoms with Gasteiger partial charge in [-0.05, 0) is 0 Å². The molecule has 0 fully saturated rings. The number of ether oxygens (including phenoxy) is 1. The summed E-state index contributed by atoms with van der Waals surface area (Å²) in [5, 5.41) is 7.58. The first-order chi connectivity index (χ1) is 14.8. The van der Waals surface area contributed by atoms with Crippen molar-refractivity contribution < 1.29 is 9.30 Å². The number of rotatable bonds is 1. The molecule has 4 aromatic carbocycles. The molecule has 152 valence electrons. The summed E-state index contributed by atoms with van der Waals surface area (Å²) in [4.78, 5) is 0. The van der Waals surface area contributed by atoms with Gasteiger partial charge in [0.05, 0.1) is 0 Å². The number of aromatic nitrogens is 1. The Balaban J connectivity index is 1.76. The number of nitrogens with zero attached hydrogens (tertiary/aromatic N) is 1. The summed E-state index contributed by atoms with van der Waals surface area (Å²) in [6, 6.07) is 22.4. The Morgan fingerprint density at radius 3 is 2.35 bits per heavy atom. The van der Waals surface area contributed by atoms with Crippen LogP contribution in [0.2, 0.25) is 17.3 Å². The average Bonchev–Trinajstić information content (AvgIpc) is 2.74. The predicted octanol–water partition coefficient (Wildman–Crippen LogP) is 6.60. The fourth-order valence-corrected chi connectivity index (χ4v) is 7.56. The van der Waals surface area contributed by atoms with Gasteiger partial charge in [-0.1, -0.05) is 0 Å². The Morgan fingerprint density at radius 1 is 0.774 bits per heavy atom. The summed E-state index contributed by atoms with van der Waals surface area (Å²) in [5.74, 6) is 9.27. The summed E-state index contributed by atoms with van der Waals surface area (Å²) in [5.41, 5.74) is 3.73. The van der Waals surface area contributed by atoms with Crippen LogP contribution in [-0.4, -0.2) is 13.3 Å². The molecule has 5 aromatic rings. The molecule has 1 aliphatic heterocycles. The summed E-state index contributed by atoms with van der Waals surface area (Å²) >= 11 is -1.92. The van der Waals surface area contributed by atoms with E-state index in [9.17, 15) is 0 Å². The van der Waals surface area contributed by atoms with E-state index in [1.807, 2.05) is 0 Å². The third-order valence-electron chi connectivity index (χ3n) is 6.79. The van der Waals surface area contributed by atoms with Gasteiger partial charge < -0.3 is 0 Å². The number of benzene rings is 4. The molecule has 0 N–H and O–H groups in total. The first-order valence-corrected chi connectivity index (χ1v) is 18.3. The van der Waals surface area contributed by atoms with Gasteiger partial charge >= 0.3 is 186 Å². The monoisotopic (exact) mass is 466 g/mol. The molecule has 2 nitrogen and oxygen atoms in total. The van der Waals surface area contributed by atoms with Gasteiger partial charge in [-0.3, -0.25) is 0 Å². The Labute approximate surface area is 185 Å². The van der Waals surface area contributed by atoms with Gasteiger partial charge in [0.25, 0.3) is 0 Å². The maximum absolute atomic E-state index is 6.63. The van der Waals surface area contributed by atoms with E-state index in [0.717, 1.165) is 11.5 Å². The molecule has 31 heavy (non-hydrogen) atoms. The predicted molar refractivity (Wildman–Crippen MR) is 133 cm³/mol. The molecule has 0 spiro atoms. The molecule has 0 unspecified atom stereocenters. The van der Waals surface area contributed by atoms with Crippen molar-refractivity contribution in [3.05, 3.63) is 72.4 Å². The number of fused-ring (bicyclic) bond motifs is 5. The second-order valence-corrected chi connectivity index (χ2v) is 20.5. The van der Waals surface area contributed by atoms with Crippen LogP contribution in [0, 0.1) is 6.92 Å². The second-order valence-electron chi connectivity index (χ2n) is 9.82. The van der Waals surface area contributed by atoms with E-state index in [1.165, 1.54) is 53.5 Å². The van der Waals surface area contributed by atoms with Crippen molar-refractivity contribution >= 4 is 50.0 Å². The molecule has 3 heteroatoms. The standard InChI is InChI=1S/C28H26GeNO/c1-17-21-9-7-6-8-18(21)15-24-26(17)28-27-23(12-13-30(28)5)22-11-10-20(29(2,3)4)14-19(22)16-25(27)31-24/h6-16H,1-5H3/q+1. The zero-order valence-electron chi connectivity index (χ0n) is 18.7. The average molecular weight is 465 g/mol. The van der Waals surface area contributed by atoms with Gasteiger partial charge in [-0.25, -0.2) is 0 Å². The van der Waals surface area contributed by atoms with Crippen molar-refractivity contribution in [2.45, 2.75) is 24.2 Å². The number of hydrogen-bond donors (Lipinski definition) is 0. The molecule has 1 aromatic heterocycles. The molecule has 0 aliphatic carbocycles. The van der Waals surface area contributed by atoms with Crippen molar-refractivity contribution in [3.8, 4) is 22.8 Å². The Morgan fingerprint density at radius 2 is 1.55 bits per heavy atom. The van der Waals surface area contributed by atoms with Crippen molar-refractivity contribution in [3.63, 3.8) is 0 Å². The van der Waals surface area contributed by atoms with Gasteiger partial charge in [0.15, 0.2) is 0 Å². The van der Waals surface area contributed by atoms with Crippen molar-refractivity contribution in [1.29, 1.82) is 0 Å². The Bertz CT molecular complexity index is 1560. The minimum absolute atomic E-state index is 0.954. The quantitative estimate of drug-likeness (QED) is 0.152. The van der Waals surface area contributed by atoms with Crippen LogP contribution in [-0.2, 0) is 7.05 Å². The molecule has 0 bridgehead atoms. The van der Waals surface area contributed by atoms with Crippen LogP contribution in [0.25, 0.3) is 43.6 Å². The van der Waals surface area contributed by atoms with E-state index in [2.05, 4.69) is 103 Å². The van der Waals surface area contributed by atoms with Crippen LogP contribution in [0.1, 0.15) is 5.56 Å². The van der Waals surface area contributed by atoms with E-state index in [4.69, 9.17) is 4.74 Å². The van der Waals surface area contributed by atoms with Crippen molar-refractivity contribution in [2.75, 3.05) is 0 Å². The van der Waals surface area contributed by atoms with E-state index in [1.54, 1.807) is 0 Å². The van der Waals surface area contributed by atoms with Crippen LogP contribution >= 0.6 is 0 Å². The van der Waals surface area contributed by atoms with Gasteiger partial charge in [0, 0.05) is 0 Å². The fourth-order valence-electron chi connectivity index (χ4n) is 5.10. The Kier molecular flexibility index (Phi) is 3.86. The first kappa shape index (κ1) is 18.9. The molecule has 0 saturated carbocycles. The zero-order valence-corrected chi connectivity index (χ0v) is 20.8. The van der Waals surface area contributed by atoms with Gasteiger partial charge in [-0.2, -0.15) is 0 Å². The van der Waals surface area contributed by atoms with Crippen LogP contribution in [0.5, 0.6) is 11.5 Å². The van der Waals surface area contributed by atoms with Gasteiger partial charge in [-0.15, -0.1) is 0 Å².